The summed E-state index contributed by atoms with van der Waals surface area (Å²) in [5, 5.41) is 21.4. The Hall–Kier alpha value is -3.52. The van der Waals surface area contributed by atoms with E-state index in [-0.39, 0.29) is 17.4 Å². The van der Waals surface area contributed by atoms with E-state index in [0.29, 0.717) is 16.5 Å². The normalized spacial score (nSPS) is 15.3. The molecule has 134 valence electrons. The van der Waals surface area contributed by atoms with Crippen LogP contribution in [-0.2, 0) is 4.79 Å². The molecule has 2 N–H and O–H groups in total. The molecule has 8 heteroatoms. The van der Waals surface area contributed by atoms with E-state index >= 15 is 0 Å². The number of aromatic hydroxyl groups is 1. The number of rotatable bonds is 4. The van der Waals surface area contributed by atoms with Crippen molar-refractivity contribution in [2.45, 2.75) is 6.92 Å². The summed E-state index contributed by atoms with van der Waals surface area (Å²) in [4.78, 5) is 17.2. The van der Waals surface area contributed by atoms with Crippen molar-refractivity contribution in [1.82, 2.24) is 4.98 Å². The maximum atomic E-state index is 12.7. The number of benzene rings is 2. The van der Waals surface area contributed by atoms with E-state index in [1.807, 2.05) is 35.7 Å². The van der Waals surface area contributed by atoms with Crippen LogP contribution in [-0.4, -0.2) is 27.4 Å². The topological polar surface area (TPSA) is 90.2 Å². The van der Waals surface area contributed by atoms with Crippen LogP contribution in [0.25, 0.3) is 11.3 Å². The van der Waals surface area contributed by atoms with Crippen molar-refractivity contribution in [3.8, 4) is 17.0 Å². The number of thiazole rings is 1. The lowest BCUT2D eigenvalue weighted by molar-refractivity contribution is -0.112. The molecule has 0 bridgehead atoms. The van der Waals surface area contributed by atoms with Crippen molar-refractivity contribution in [2.75, 3.05) is 10.4 Å². The van der Waals surface area contributed by atoms with E-state index in [9.17, 15) is 9.90 Å². The summed E-state index contributed by atoms with van der Waals surface area (Å²) in [6.07, 6.45) is 0. The highest BCUT2D eigenvalue weighted by Crippen LogP contribution is 2.29. The third-order valence-corrected chi connectivity index (χ3v) is 4.71. The van der Waals surface area contributed by atoms with Crippen molar-refractivity contribution in [1.29, 1.82) is 0 Å². The highest BCUT2D eigenvalue weighted by molar-refractivity contribution is 7.14. The van der Waals surface area contributed by atoms with Gasteiger partial charge in [-0.05, 0) is 31.2 Å². The van der Waals surface area contributed by atoms with Gasteiger partial charge in [-0.15, -0.1) is 11.3 Å². The number of carbonyl (C=O) groups is 1. The predicted molar refractivity (Wildman–Crippen MR) is 107 cm³/mol. The van der Waals surface area contributed by atoms with Crippen molar-refractivity contribution in [3.05, 3.63) is 60.0 Å². The smallest absolute Gasteiger partial charge is 0.303 e. The van der Waals surface area contributed by atoms with Gasteiger partial charge in [0.2, 0.25) is 5.13 Å². The molecule has 3 aromatic rings. The molecule has 0 aliphatic carbocycles. The molecule has 0 unspecified atom stereocenters. The molecule has 1 amide bonds. The standard InChI is InChI=1S/C19H15N5O2S/c1-12-17(22-21-14-7-9-15(25)10-8-14)18(26)24(23-12)19-20-16(11-27-19)13-5-3-2-4-6-13/h2-11,21,25H,1H3. The summed E-state index contributed by atoms with van der Waals surface area (Å²) in [7, 11) is 0. The summed E-state index contributed by atoms with van der Waals surface area (Å²) in [6, 6.07) is 16.2. The number of anilines is 2. The summed E-state index contributed by atoms with van der Waals surface area (Å²) < 4.78 is 0. The van der Waals surface area contributed by atoms with Crippen molar-refractivity contribution in [3.63, 3.8) is 0 Å². The van der Waals surface area contributed by atoms with E-state index in [1.165, 1.54) is 28.5 Å². The molecule has 7 nitrogen and oxygen atoms in total. The highest BCUT2D eigenvalue weighted by atomic mass is 32.1. The zero-order valence-electron chi connectivity index (χ0n) is 14.3. The third-order valence-electron chi connectivity index (χ3n) is 3.89. The largest absolute Gasteiger partial charge is 0.508 e. The molecule has 2 aromatic carbocycles. The number of aromatic nitrogens is 1. The summed E-state index contributed by atoms with van der Waals surface area (Å²) >= 11 is 1.35. The molecule has 0 radical (unpaired) electrons. The van der Waals surface area contributed by atoms with Crippen LogP contribution in [0.1, 0.15) is 6.92 Å². The first-order valence-electron chi connectivity index (χ1n) is 8.15. The molecule has 4 rings (SSSR count). The van der Waals surface area contributed by atoms with Crippen LogP contribution in [0, 0.1) is 0 Å². The van der Waals surface area contributed by atoms with Crippen molar-refractivity contribution in [2.24, 2.45) is 10.2 Å². The Morgan fingerprint density at radius 1 is 1.11 bits per heavy atom. The van der Waals surface area contributed by atoms with Gasteiger partial charge in [0.1, 0.15) is 5.75 Å². The average molecular weight is 377 g/mol. The zero-order chi connectivity index (χ0) is 18.8. The number of phenols is 1. The molecule has 1 aliphatic rings. The molecule has 0 spiro atoms. The molecule has 0 saturated heterocycles. The molecular weight excluding hydrogens is 362 g/mol. The first-order valence-corrected chi connectivity index (χ1v) is 9.03. The van der Waals surface area contributed by atoms with Gasteiger partial charge in [-0.3, -0.25) is 10.2 Å². The van der Waals surface area contributed by atoms with Gasteiger partial charge < -0.3 is 5.11 Å². The lowest BCUT2D eigenvalue weighted by Crippen LogP contribution is -2.27. The quantitative estimate of drug-likeness (QED) is 0.536. The number of nitrogens with one attached hydrogen (secondary N) is 1. The monoisotopic (exact) mass is 377 g/mol. The lowest BCUT2D eigenvalue weighted by Gasteiger charge is -2.06. The molecule has 27 heavy (non-hydrogen) atoms. The summed E-state index contributed by atoms with van der Waals surface area (Å²) in [6.45, 7) is 1.72. The fraction of sp³-hybridized carbons (Fsp3) is 0.0526. The van der Waals surface area contributed by atoms with Crippen LogP contribution in [0.2, 0.25) is 0 Å². The lowest BCUT2D eigenvalue weighted by atomic mass is 10.2. The zero-order valence-corrected chi connectivity index (χ0v) is 15.1. The van der Waals surface area contributed by atoms with Crippen LogP contribution < -0.4 is 10.4 Å². The maximum Gasteiger partial charge on any atom is 0.303 e. The Morgan fingerprint density at radius 2 is 1.85 bits per heavy atom. The van der Waals surface area contributed by atoms with Gasteiger partial charge in [-0.2, -0.15) is 15.2 Å². The Labute approximate surface area is 159 Å². The van der Waals surface area contributed by atoms with Crippen LogP contribution in [0.4, 0.5) is 10.8 Å². The van der Waals surface area contributed by atoms with E-state index in [4.69, 9.17) is 0 Å². The SMILES string of the molecule is CC1=NN(c2nc(-c3ccccc3)cs2)C(=O)C1=NNc1ccc(O)cc1. The van der Waals surface area contributed by atoms with E-state index in [2.05, 4.69) is 20.6 Å². The first-order chi connectivity index (χ1) is 13.1. The van der Waals surface area contributed by atoms with E-state index < -0.39 is 0 Å². The van der Waals surface area contributed by atoms with E-state index in [1.54, 1.807) is 19.1 Å². The molecule has 0 fully saturated rings. The van der Waals surface area contributed by atoms with Gasteiger partial charge in [-0.25, -0.2) is 4.98 Å². The number of hydrazone groups is 2. The van der Waals surface area contributed by atoms with Gasteiger partial charge in [0.25, 0.3) is 0 Å². The Bertz CT molecular complexity index is 1040. The van der Waals surface area contributed by atoms with Crippen LogP contribution >= 0.6 is 11.3 Å². The molecule has 2 heterocycles. The van der Waals surface area contributed by atoms with Crippen LogP contribution in [0.3, 0.4) is 0 Å². The number of phenolic OH excluding ortho intramolecular Hbond substituents is 1. The predicted octanol–water partition coefficient (Wildman–Crippen LogP) is 3.71. The van der Waals surface area contributed by atoms with Gasteiger partial charge in [-0.1, -0.05) is 30.3 Å². The second kappa shape index (κ2) is 7.00. The molecular formula is C19H15N5O2S. The van der Waals surface area contributed by atoms with Gasteiger partial charge in [0.05, 0.1) is 17.1 Å². The average Bonchev–Trinajstić information content (AvgIpc) is 3.27. The minimum absolute atomic E-state index is 0.159. The molecule has 0 atom stereocenters. The third kappa shape index (κ3) is 3.42. The Kier molecular flexibility index (Phi) is 4.39. The van der Waals surface area contributed by atoms with Crippen LogP contribution in [0.5, 0.6) is 5.75 Å². The fourth-order valence-electron chi connectivity index (χ4n) is 2.52. The number of nitrogens with zero attached hydrogens (tertiary/aromatic N) is 4. The summed E-state index contributed by atoms with van der Waals surface area (Å²) in [5.74, 6) is -0.181. The molecule has 0 saturated carbocycles. The van der Waals surface area contributed by atoms with Crippen molar-refractivity contribution >= 4 is 39.5 Å². The van der Waals surface area contributed by atoms with Gasteiger partial charge >= 0.3 is 5.91 Å². The number of carbonyl (C=O) groups excluding carboxylic acids is 1. The number of hydrogen-bond donors (Lipinski definition) is 2. The molecule has 1 aliphatic heterocycles. The second-order valence-corrected chi connectivity index (χ2v) is 6.64. The van der Waals surface area contributed by atoms with Crippen molar-refractivity contribution < 1.29 is 9.90 Å². The highest BCUT2D eigenvalue weighted by Gasteiger charge is 2.32. The second-order valence-electron chi connectivity index (χ2n) is 5.80. The van der Waals surface area contributed by atoms with Crippen LogP contribution in [0.15, 0.2) is 70.2 Å². The summed E-state index contributed by atoms with van der Waals surface area (Å²) in [5.41, 5.74) is 5.96. The van der Waals surface area contributed by atoms with E-state index in [0.717, 1.165) is 11.3 Å². The Balaban J connectivity index is 1.54. The fourth-order valence-corrected chi connectivity index (χ4v) is 3.30. The molecule has 1 aromatic heterocycles. The number of hydrogen-bond acceptors (Lipinski definition) is 7. The van der Waals surface area contributed by atoms with Gasteiger partial charge in [0, 0.05) is 10.9 Å². The minimum atomic E-state index is -0.340. The maximum absolute atomic E-state index is 12.7. The Morgan fingerprint density at radius 3 is 2.59 bits per heavy atom. The van der Waals surface area contributed by atoms with Gasteiger partial charge in [0.15, 0.2) is 5.71 Å². The first kappa shape index (κ1) is 16.9. The number of amides is 1. The minimum Gasteiger partial charge on any atom is -0.508 e.